The number of likely N-dealkylation sites (tertiary alicyclic amines) is 1. The van der Waals surface area contributed by atoms with Gasteiger partial charge in [-0.2, -0.15) is 0 Å². The van der Waals surface area contributed by atoms with Crippen LogP contribution in [0.3, 0.4) is 0 Å². The van der Waals surface area contributed by atoms with Gasteiger partial charge in [-0.05, 0) is 75.3 Å². The van der Waals surface area contributed by atoms with Gasteiger partial charge in [-0.3, -0.25) is 13.9 Å². The van der Waals surface area contributed by atoms with Crippen molar-refractivity contribution in [2.24, 2.45) is 0 Å². The number of nitrogens with zero attached hydrogens (tertiary/aromatic N) is 5. The Hall–Kier alpha value is -3.49. The third-order valence-electron chi connectivity index (χ3n) is 8.22. The Labute approximate surface area is 215 Å². The second-order valence-electron chi connectivity index (χ2n) is 10.6. The van der Waals surface area contributed by atoms with Crippen LogP contribution in [-0.2, 0) is 4.79 Å². The number of anilines is 1. The van der Waals surface area contributed by atoms with Crippen molar-refractivity contribution in [1.29, 1.82) is 0 Å². The number of carbonyl (C=O) groups excluding carboxylic acids is 1. The van der Waals surface area contributed by atoms with Crippen LogP contribution in [0.4, 0.5) is 10.3 Å². The second-order valence-corrected chi connectivity index (χ2v) is 10.6. The van der Waals surface area contributed by atoms with E-state index in [0.717, 1.165) is 64.3 Å². The zero-order valence-corrected chi connectivity index (χ0v) is 21.0. The zero-order valence-electron chi connectivity index (χ0n) is 21.0. The molecule has 0 atom stereocenters. The van der Waals surface area contributed by atoms with Crippen molar-refractivity contribution < 1.29 is 9.18 Å². The maximum atomic E-state index is 13.6. The van der Waals surface area contributed by atoms with Crippen molar-refractivity contribution in [3.8, 4) is 17.1 Å². The van der Waals surface area contributed by atoms with Gasteiger partial charge in [0.25, 0.3) is 0 Å². The number of imidazole rings is 1. The van der Waals surface area contributed by atoms with Gasteiger partial charge in [-0.25, -0.2) is 19.2 Å². The van der Waals surface area contributed by atoms with E-state index in [1.165, 1.54) is 12.1 Å². The quantitative estimate of drug-likeness (QED) is 0.526. The first-order valence-electron chi connectivity index (χ1n) is 13.6. The van der Waals surface area contributed by atoms with E-state index in [1.54, 1.807) is 22.9 Å². The molecule has 3 aliphatic rings. The summed E-state index contributed by atoms with van der Waals surface area (Å²) >= 11 is 0. The molecule has 8 nitrogen and oxygen atoms in total. The summed E-state index contributed by atoms with van der Waals surface area (Å²) in [6, 6.07) is 8.58. The maximum absolute atomic E-state index is 13.6. The van der Waals surface area contributed by atoms with Gasteiger partial charge in [0.05, 0.1) is 17.1 Å². The fourth-order valence-electron chi connectivity index (χ4n) is 6.27. The molecule has 0 spiro atoms. The van der Waals surface area contributed by atoms with Crippen LogP contribution in [-0.4, -0.2) is 48.5 Å². The molecule has 1 saturated heterocycles. The van der Waals surface area contributed by atoms with E-state index in [2.05, 4.69) is 15.2 Å². The fourth-order valence-corrected chi connectivity index (χ4v) is 6.27. The summed E-state index contributed by atoms with van der Waals surface area (Å²) in [6.45, 7) is 0.892. The molecule has 3 fully saturated rings. The molecule has 0 unspecified atom stereocenters. The van der Waals surface area contributed by atoms with Gasteiger partial charge in [0.1, 0.15) is 5.82 Å². The number of halogens is 1. The first-order valence-corrected chi connectivity index (χ1v) is 13.6. The van der Waals surface area contributed by atoms with Crippen LogP contribution < -0.4 is 11.0 Å². The van der Waals surface area contributed by atoms with Gasteiger partial charge in [-0.1, -0.05) is 12.8 Å². The minimum atomic E-state index is -0.342. The van der Waals surface area contributed by atoms with E-state index >= 15 is 0 Å². The lowest BCUT2D eigenvalue weighted by atomic mass is 9.90. The summed E-state index contributed by atoms with van der Waals surface area (Å²) in [5.74, 6) is 0.486. The van der Waals surface area contributed by atoms with E-state index in [0.29, 0.717) is 41.4 Å². The Morgan fingerprint density at radius 2 is 1.65 bits per heavy atom. The number of rotatable bonds is 6. The molecule has 1 aromatic carbocycles. The van der Waals surface area contributed by atoms with Crippen molar-refractivity contribution >= 4 is 11.9 Å². The average molecular weight is 505 g/mol. The molecule has 1 aliphatic heterocycles. The zero-order chi connectivity index (χ0) is 25.4. The normalized spacial score (nSPS) is 22.6. The van der Waals surface area contributed by atoms with Crippen molar-refractivity contribution in [1.82, 2.24) is 24.0 Å². The predicted octanol–water partition coefficient (Wildman–Crippen LogP) is 4.70. The topological polar surface area (TPSA) is 85.0 Å². The lowest BCUT2D eigenvalue weighted by Crippen LogP contribution is -2.41. The Kier molecular flexibility index (Phi) is 6.52. The monoisotopic (exact) mass is 504 g/mol. The van der Waals surface area contributed by atoms with Crippen molar-refractivity contribution in [3.05, 3.63) is 59.0 Å². The first-order chi connectivity index (χ1) is 18.1. The largest absolute Gasteiger partial charge is 0.351 e. The molecule has 6 rings (SSSR count). The molecule has 1 N–H and O–H groups in total. The Balaban J connectivity index is 1.25. The molecule has 0 bridgehead atoms. The third-order valence-corrected chi connectivity index (χ3v) is 8.22. The fraction of sp³-hybridized carbons (Fsp3) is 0.500. The van der Waals surface area contributed by atoms with Gasteiger partial charge in [-0.15, -0.1) is 0 Å². The maximum Gasteiger partial charge on any atom is 0.333 e. The number of amides is 1. The van der Waals surface area contributed by atoms with Gasteiger partial charge in [0.2, 0.25) is 11.9 Å². The molecule has 2 aliphatic carbocycles. The Morgan fingerprint density at radius 3 is 2.35 bits per heavy atom. The number of aromatic nitrogens is 4. The molecule has 9 heteroatoms. The molecule has 2 aromatic heterocycles. The summed E-state index contributed by atoms with van der Waals surface area (Å²) in [5, 5.41) is 3.49. The van der Waals surface area contributed by atoms with Crippen LogP contribution in [0.25, 0.3) is 17.1 Å². The smallest absolute Gasteiger partial charge is 0.333 e. The van der Waals surface area contributed by atoms with Crippen molar-refractivity contribution in [3.63, 3.8) is 0 Å². The summed E-state index contributed by atoms with van der Waals surface area (Å²) in [4.78, 5) is 37.0. The summed E-state index contributed by atoms with van der Waals surface area (Å²) in [6.07, 6.45) is 13.3. The molecular formula is C28H33FN6O2. The highest BCUT2D eigenvalue weighted by Gasteiger charge is 2.31. The summed E-state index contributed by atoms with van der Waals surface area (Å²) in [7, 11) is 0. The van der Waals surface area contributed by atoms with Crippen LogP contribution in [0.5, 0.6) is 0 Å². The highest BCUT2D eigenvalue weighted by atomic mass is 19.1. The molecule has 0 radical (unpaired) electrons. The van der Waals surface area contributed by atoms with Crippen LogP contribution >= 0.6 is 0 Å². The molecule has 3 heterocycles. The Bertz CT molecular complexity index is 1320. The van der Waals surface area contributed by atoms with Gasteiger partial charge < -0.3 is 10.2 Å². The van der Waals surface area contributed by atoms with Crippen molar-refractivity contribution in [2.75, 3.05) is 11.9 Å². The second kappa shape index (κ2) is 10.1. The van der Waals surface area contributed by atoms with Gasteiger partial charge in [0, 0.05) is 43.5 Å². The lowest BCUT2D eigenvalue weighted by Gasteiger charge is -2.34. The molecule has 3 aromatic rings. The molecule has 194 valence electrons. The van der Waals surface area contributed by atoms with E-state index in [1.807, 2.05) is 16.8 Å². The summed E-state index contributed by atoms with van der Waals surface area (Å²) in [5.41, 5.74) is 1.80. The van der Waals surface area contributed by atoms with Crippen molar-refractivity contribution in [2.45, 2.75) is 82.3 Å². The standard InChI is InChI=1S/C28H33FN6O2/c29-19-7-11-23(12-8-19)35-25(18-34(28(35)37)21-4-1-2-5-21)24-15-16-30-27(32-24)31-20-9-13-22(14-10-20)33-17-3-6-26(33)36/h7-8,11-12,15-16,18,20-22H,1-6,9-10,13-14,17H2,(H,30,31,32). The average Bonchev–Trinajstić information content (AvgIpc) is 3.66. The number of carbonyl (C=O) groups is 1. The molecule has 1 amide bonds. The van der Waals surface area contributed by atoms with Crippen LogP contribution in [0.2, 0.25) is 0 Å². The molecular weight excluding hydrogens is 471 g/mol. The SMILES string of the molecule is O=C1CCCN1C1CCC(Nc2nccc(-c3cn(C4CCCC4)c(=O)n3-c3ccc(F)cc3)n2)CC1. The summed E-state index contributed by atoms with van der Waals surface area (Å²) < 4.78 is 17.1. The number of hydrogen-bond donors (Lipinski definition) is 1. The predicted molar refractivity (Wildman–Crippen MR) is 139 cm³/mol. The van der Waals surface area contributed by atoms with E-state index in [4.69, 9.17) is 4.98 Å². The third kappa shape index (κ3) is 4.79. The van der Waals surface area contributed by atoms with E-state index in [9.17, 15) is 14.0 Å². The van der Waals surface area contributed by atoms with E-state index in [-0.39, 0.29) is 23.6 Å². The number of benzene rings is 1. The lowest BCUT2D eigenvalue weighted by molar-refractivity contribution is -0.130. The first kappa shape index (κ1) is 23.9. The number of hydrogen-bond acceptors (Lipinski definition) is 5. The van der Waals surface area contributed by atoms with E-state index < -0.39 is 0 Å². The minimum Gasteiger partial charge on any atom is -0.351 e. The van der Waals surface area contributed by atoms with Gasteiger partial charge in [0.15, 0.2) is 0 Å². The highest BCUT2D eigenvalue weighted by Crippen LogP contribution is 2.31. The van der Waals surface area contributed by atoms with Crippen LogP contribution in [0.1, 0.15) is 70.3 Å². The highest BCUT2D eigenvalue weighted by molar-refractivity contribution is 5.78. The van der Waals surface area contributed by atoms with Crippen LogP contribution in [0, 0.1) is 5.82 Å². The number of nitrogens with one attached hydrogen (secondary N) is 1. The molecule has 2 saturated carbocycles. The molecule has 37 heavy (non-hydrogen) atoms. The van der Waals surface area contributed by atoms with Crippen LogP contribution in [0.15, 0.2) is 47.5 Å². The van der Waals surface area contributed by atoms with Gasteiger partial charge >= 0.3 is 5.69 Å². The minimum absolute atomic E-state index is 0.128. The Morgan fingerprint density at radius 1 is 0.892 bits per heavy atom.